The van der Waals surface area contributed by atoms with E-state index >= 15 is 0 Å². The first kappa shape index (κ1) is 16.3. The molecule has 7 heteroatoms. The minimum absolute atomic E-state index is 0.101. The molecule has 0 fully saturated rings. The summed E-state index contributed by atoms with van der Waals surface area (Å²) in [4.78, 5) is 23.6. The van der Waals surface area contributed by atoms with Gasteiger partial charge < -0.3 is 15.8 Å². The van der Waals surface area contributed by atoms with Crippen molar-refractivity contribution in [1.82, 2.24) is 0 Å². The molecule has 0 aliphatic rings. The van der Waals surface area contributed by atoms with Gasteiger partial charge in [0, 0.05) is 16.4 Å². The molecular formula is C16H12ClN3O3. The number of nitrogens with one attached hydrogen (secondary N) is 1. The Morgan fingerprint density at radius 2 is 1.91 bits per heavy atom. The molecule has 0 heterocycles. The molecule has 0 radical (unpaired) electrons. The maximum atomic E-state index is 11.9. The minimum atomic E-state index is -0.736. The molecule has 6 nitrogen and oxygen atoms in total. The SMILES string of the molecule is N#Cc1ccc(NC(=O)COC(=O)c2cc(Cl)ccc2N)cc1. The third-order valence-electron chi connectivity index (χ3n) is 2.87. The standard InChI is InChI=1S/C16H12ClN3O3/c17-11-3-6-14(19)13(7-11)16(22)23-9-15(21)20-12-4-1-10(8-18)2-5-12/h1-7H,9,19H2,(H,20,21). The van der Waals surface area contributed by atoms with E-state index in [9.17, 15) is 9.59 Å². The van der Waals surface area contributed by atoms with E-state index in [4.69, 9.17) is 27.3 Å². The number of carbonyl (C=O) groups is 2. The van der Waals surface area contributed by atoms with Gasteiger partial charge >= 0.3 is 5.97 Å². The van der Waals surface area contributed by atoms with Crippen LogP contribution in [-0.2, 0) is 9.53 Å². The van der Waals surface area contributed by atoms with Crippen LogP contribution in [0.1, 0.15) is 15.9 Å². The third kappa shape index (κ3) is 4.46. The molecule has 0 unspecified atom stereocenters. The first-order valence-corrected chi connectivity index (χ1v) is 6.89. The van der Waals surface area contributed by atoms with Gasteiger partial charge in [0.1, 0.15) is 0 Å². The highest BCUT2D eigenvalue weighted by Gasteiger charge is 2.14. The Hall–Kier alpha value is -3.04. The molecule has 23 heavy (non-hydrogen) atoms. The van der Waals surface area contributed by atoms with Gasteiger partial charge in [0.15, 0.2) is 6.61 Å². The summed E-state index contributed by atoms with van der Waals surface area (Å²) in [6.07, 6.45) is 0. The molecule has 0 aliphatic heterocycles. The summed E-state index contributed by atoms with van der Waals surface area (Å²) in [6, 6.07) is 12.7. The molecule has 0 saturated heterocycles. The largest absolute Gasteiger partial charge is 0.452 e. The van der Waals surface area contributed by atoms with Crippen molar-refractivity contribution in [1.29, 1.82) is 5.26 Å². The van der Waals surface area contributed by atoms with Crippen molar-refractivity contribution in [2.45, 2.75) is 0 Å². The molecule has 2 rings (SSSR count). The number of halogens is 1. The van der Waals surface area contributed by atoms with E-state index < -0.39 is 18.5 Å². The number of benzene rings is 2. The number of nitrogen functional groups attached to an aromatic ring is 1. The number of nitriles is 1. The summed E-state index contributed by atoms with van der Waals surface area (Å²) in [5, 5.41) is 11.6. The second kappa shape index (κ2) is 7.29. The molecule has 0 atom stereocenters. The first-order valence-electron chi connectivity index (χ1n) is 6.52. The second-order valence-electron chi connectivity index (χ2n) is 4.55. The summed E-state index contributed by atoms with van der Waals surface area (Å²) in [5.74, 6) is -1.25. The van der Waals surface area contributed by atoms with Crippen LogP contribution in [0.3, 0.4) is 0 Å². The topological polar surface area (TPSA) is 105 Å². The van der Waals surface area contributed by atoms with Gasteiger partial charge in [-0.3, -0.25) is 4.79 Å². The molecular weight excluding hydrogens is 318 g/mol. The number of ether oxygens (including phenoxy) is 1. The van der Waals surface area contributed by atoms with E-state index in [0.29, 0.717) is 16.3 Å². The highest BCUT2D eigenvalue weighted by atomic mass is 35.5. The van der Waals surface area contributed by atoms with Gasteiger partial charge in [0.25, 0.3) is 5.91 Å². The van der Waals surface area contributed by atoms with Crippen molar-refractivity contribution < 1.29 is 14.3 Å². The Kier molecular flexibility index (Phi) is 5.18. The van der Waals surface area contributed by atoms with Gasteiger partial charge in [0.2, 0.25) is 0 Å². The van der Waals surface area contributed by atoms with Crippen LogP contribution < -0.4 is 11.1 Å². The number of hydrogen-bond acceptors (Lipinski definition) is 5. The molecule has 2 aromatic rings. The molecule has 0 spiro atoms. The lowest BCUT2D eigenvalue weighted by Gasteiger charge is -2.08. The highest BCUT2D eigenvalue weighted by Crippen LogP contribution is 2.18. The number of amides is 1. The zero-order chi connectivity index (χ0) is 16.8. The number of hydrogen-bond donors (Lipinski definition) is 2. The van der Waals surface area contributed by atoms with Crippen molar-refractivity contribution in [3.05, 3.63) is 58.6 Å². The lowest BCUT2D eigenvalue weighted by molar-refractivity contribution is -0.119. The monoisotopic (exact) mass is 329 g/mol. The Morgan fingerprint density at radius 3 is 2.57 bits per heavy atom. The summed E-state index contributed by atoms with van der Waals surface area (Å²) in [5.41, 5.74) is 6.95. The Bertz CT molecular complexity index is 782. The lowest BCUT2D eigenvalue weighted by atomic mass is 10.2. The van der Waals surface area contributed by atoms with Crippen LogP contribution in [0, 0.1) is 11.3 Å². The highest BCUT2D eigenvalue weighted by molar-refractivity contribution is 6.31. The Labute approximate surface area is 137 Å². The zero-order valence-electron chi connectivity index (χ0n) is 11.9. The zero-order valence-corrected chi connectivity index (χ0v) is 12.6. The average Bonchev–Trinajstić information content (AvgIpc) is 2.55. The summed E-state index contributed by atoms with van der Waals surface area (Å²) in [7, 11) is 0. The Morgan fingerprint density at radius 1 is 1.22 bits per heavy atom. The summed E-state index contributed by atoms with van der Waals surface area (Å²) >= 11 is 5.79. The quantitative estimate of drug-likeness (QED) is 0.662. The molecule has 3 N–H and O–H groups in total. The molecule has 0 aromatic heterocycles. The number of esters is 1. The van der Waals surface area contributed by atoms with E-state index in [0.717, 1.165) is 0 Å². The van der Waals surface area contributed by atoms with Crippen molar-refractivity contribution in [3.63, 3.8) is 0 Å². The van der Waals surface area contributed by atoms with Crippen molar-refractivity contribution >= 4 is 34.9 Å². The molecule has 2 aromatic carbocycles. The number of nitrogens with zero attached hydrogens (tertiary/aromatic N) is 1. The maximum absolute atomic E-state index is 11.9. The fraction of sp³-hybridized carbons (Fsp3) is 0.0625. The van der Waals surface area contributed by atoms with E-state index in [1.807, 2.05) is 6.07 Å². The smallest absolute Gasteiger partial charge is 0.340 e. The molecule has 116 valence electrons. The van der Waals surface area contributed by atoms with Crippen molar-refractivity contribution in [3.8, 4) is 6.07 Å². The van der Waals surface area contributed by atoms with Crippen LogP contribution in [0.5, 0.6) is 0 Å². The molecule has 0 saturated carbocycles. The van der Waals surface area contributed by atoms with Gasteiger partial charge in [-0.2, -0.15) is 5.26 Å². The van der Waals surface area contributed by atoms with Crippen LogP contribution in [0.4, 0.5) is 11.4 Å². The lowest BCUT2D eigenvalue weighted by Crippen LogP contribution is -2.21. The fourth-order valence-corrected chi connectivity index (χ4v) is 1.91. The first-order chi connectivity index (χ1) is 11.0. The summed E-state index contributed by atoms with van der Waals surface area (Å²) < 4.78 is 4.90. The van der Waals surface area contributed by atoms with E-state index in [1.54, 1.807) is 30.3 Å². The van der Waals surface area contributed by atoms with Crippen LogP contribution in [0.15, 0.2) is 42.5 Å². The van der Waals surface area contributed by atoms with E-state index in [2.05, 4.69) is 5.32 Å². The van der Waals surface area contributed by atoms with Crippen LogP contribution >= 0.6 is 11.6 Å². The number of nitrogens with two attached hydrogens (primary N) is 1. The van der Waals surface area contributed by atoms with Gasteiger partial charge in [-0.1, -0.05) is 11.6 Å². The van der Waals surface area contributed by atoms with Crippen molar-refractivity contribution in [2.75, 3.05) is 17.7 Å². The fourth-order valence-electron chi connectivity index (χ4n) is 1.74. The molecule has 0 aliphatic carbocycles. The van der Waals surface area contributed by atoms with Crippen LogP contribution in [-0.4, -0.2) is 18.5 Å². The second-order valence-corrected chi connectivity index (χ2v) is 4.98. The van der Waals surface area contributed by atoms with E-state index in [-0.39, 0.29) is 11.3 Å². The van der Waals surface area contributed by atoms with E-state index in [1.165, 1.54) is 12.1 Å². The Balaban J connectivity index is 1.92. The molecule has 0 bridgehead atoms. The van der Waals surface area contributed by atoms with Gasteiger partial charge in [-0.15, -0.1) is 0 Å². The number of carbonyl (C=O) groups excluding carboxylic acids is 2. The number of anilines is 2. The maximum Gasteiger partial charge on any atom is 0.340 e. The van der Waals surface area contributed by atoms with Crippen LogP contribution in [0.2, 0.25) is 5.02 Å². The van der Waals surface area contributed by atoms with Gasteiger partial charge in [-0.05, 0) is 42.5 Å². The van der Waals surface area contributed by atoms with Crippen LogP contribution in [0.25, 0.3) is 0 Å². The molecule has 1 amide bonds. The van der Waals surface area contributed by atoms with Crippen molar-refractivity contribution in [2.24, 2.45) is 0 Å². The predicted octanol–water partition coefficient (Wildman–Crippen LogP) is 2.59. The predicted molar refractivity (Wildman–Crippen MR) is 85.9 cm³/mol. The summed E-state index contributed by atoms with van der Waals surface area (Å²) in [6.45, 7) is -0.467. The van der Waals surface area contributed by atoms with Gasteiger partial charge in [-0.25, -0.2) is 4.79 Å². The van der Waals surface area contributed by atoms with Gasteiger partial charge in [0.05, 0.1) is 17.2 Å². The third-order valence-corrected chi connectivity index (χ3v) is 3.10. The number of rotatable bonds is 4. The minimum Gasteiger partial charge on any atom is -0.452 e. The average molecular weight is 330 g/mol. The normalized spacial score (nSPS) is 9.74.